The highest BCUT2D eigenvalue weighted by molar-refractivity contribution is 5.73. The van der Waals surface area contributed by atoms with E-state index in [2.05, 4.69) is 15.3 Å². The number of nitrogens with zero attached hydrogens (tertiary/aromatic N) is 6. The Labute approximate surface area is 182 Å². The van der Waals surface area contributed by atoms with Crippen molar-refractivity contribution in [2.24, 2.45) is 0 Å². The number of methoxy groups -OCH3 is 1. The number of tetrazole rings is 1. The Balaban J connectivity index is 1.61. The molecule has 10 heteroatoms. The minimum atomic E-state index is -0.520. The van der Waals surface area contributed by atoms with Crippen LogP contribution < -0.4 is 5.69 Å². The number of rotatable bonds is 10. The van der Waals surface area contributed by atoms with E-state index in [-0.39, 0.29) is 11.6 Å². The van der Waals surface area contributed by atoms with Gasteiger partial charge in [0, 0.05) is 40.2 Å². The number of amides is 1. The number of benzene rings is 1. The van der Waals surface area contributed by atoms with Crippen molar-refractivity contribution in [1.82, 2.24) is 29.8 Å². The number of aryl methyl sites for hydroxylation is 1. The topological polar surface area (TPSA) is 94.7 Å². The van der Waals surface area contributed by atoms with Gasteiger partial charge in [-0.3, -0.25) is 9.63 Å². The molecule has 0 atom stereocenters. The fourth-order valence-corrected chi connectivity index (χ4v) is 4.02. The third kappa shape index (κ3) is 5.57. The van der Waals surface area contributed by atoms with Crippen LogP contribution in [0.2, 0.25) is 0 Å². The summed E-state index contributed by atoms with van der Waals surface area (Å²) in [7, 11) is 1.65. The van der Waals surface area contributed by atoms with Crippen molar-refractivity contribution >= 4 is 5.91 Å². The van der Waals surface area contributed by atoms with Crippen LogP contribution in [0.5, 0.6) is 0 Å². The van der Waals surface area contributed by atoms with Gasteiger partial charge in [-0.25, -0.2) is 9.86 Å². The molecular formula is C21H32N6O4. The molecule has 1 aromatic carbocycles. The van der Waals surface area contributed by atoms with Gasteiger partial charge in [0.05, 0.1) is 18.7 Å². The summed E-state index contributed by atoms with van der Waals surface area (Å²) in [6, 6.07) is 9.79. The molecule has 1 amide bonds. The van der Waals surface area contributed by atoms with Crippen LogP contribution >= 0.6 is 0 Å². The van der Waals surface area contributed by atoms with Crippen molar-refractivity contribution in [2.45, 2.75) is 51.9 Å². The number of hydrogen-bond donors (Lipinski definition) is 0. The van der Waals surface area contributed by atoms with Gasteiger partial charge in [-0.2, -0.15) is 9.36 Å². The molecule has 1 aliphatic rings. The first-order chi connectivity index (χ1) is 15.0. The standard InChI is InChI=1S/C21H32N6O4/c1-4-25-20(29)26(23-22-25)15-14-24-12-10-21(11-13-24,17-30-3)27(18(2)28)31-16-19-8-6-5-7-9-19/h5-9H,4,10-17H2,1-3H3. The van der Waals surface area contributed by atoms with Crippen LogP contribution in [0.3, 0.4) is 0 Å². The summed E-state index contributed by atoms with van der Waals surface area (Å²) in [5.74, 6) is -0.135. The van der Waals surface area contributed by atoms with Gasteiger partial charge in [0.2, 0.25) is 5.91 Å². The molecule has 0 saturated carbocycles. The van der Waals surface area contributed by atoms with E-state index in [0.29, 0.717) is 45.7 Å². The van der Waals surface area contributed by atoms with E-state index in [4.69, 9.17) is 9.57 Å². The SMILES string of the molecule is CCn1nnn(CCN2CCC(COC)(N(OCc3ccccc3)C(C)=O)CC2)c1=O. The highest BCUT2D eigenvalue weighted by atomic mass is 16.7. The smallest absolute Gasteiger partial charge is 0.363 e. The van der Waals surface area contributed by atoms with Crippen molar-refractivity contribution in [3.8, 4) is 0 Å². The number of carbonyl (C=O) groups is 1. The average Bonchev–Trinajstić information content (AvgIpc) is 3.13. The largest absolute Gasteiger partial charge is 0.382 e. The van der Waals surface area contributed by atoms with Gasteiger partial charge in [-0.15, -0.1) is 0 Å². The summed E-state index contributed by atoms with van der Waals surface area (Å²) in [6.07, 6.45) is 1.43. The van der Waals surface area contributed by atoms with Crippen molar-refractivity contribution < 1.29 is 14.4 Å². The second-order valence-electron chi connectivity index (χ2n) is 7.87. The lowest BCUT2D eigenvalue weighted by atomic mass is 9.87. The van der Waals surface area contributed by atoms with E-state index >= 15 is 0 Å². The molecule has 1 fully saturated rings. The van der Waals surface area contributed by atoms with Gasteiger partial charge < -0.3 is 9.64 Å². The lowest BCUT2D eigenvalue weighted by Crippen LogP contribution is -2.59. The predicted octanol–water partition coefficient (Wildman–Crippen LogP) is 0.921. The first-order valence-corrected chi connectivity index (χ1v) is 10.7. The number of piperidine rings is 1. The van der Waals surface area contributed by atoms with Crippen LogP contribution in [-0.4, -0.2) is 74.6 Å². The summed E-state index contributed by atoms with van der Waals surface area (Å²) >= 11 is 0. The van der Waals surface area contributed by atoms with E-state index in [1.807, 2.05) is 37.3 Å². The Hall–Kier alpha value is -2.56. The Kier molecular flexibility index (Phi) is 7.94. The first kappa shape index (κ1) is 23.1. The molecule has 0 N–H and O–H groups in total. The van der Waals surface area contributed by atoms with Gasteiger partial charge in [0.15, 0.2) is 0 Å². The maximum atomic E-state index is 12.5. The molecule has 1 aromatic heterocycles. The molecule has 0 bridgehead atoms. The lowest BCUT2D eigenvalue weighted by Gasteiger charge is -2.46. The van der Waals surface area contributed by atoms with Crippen molar-refractivity contribution in [1.29, 1.82) is 0 Å². The zero-order chi connectivity index (χ0) is 22.3. The highest BCUT2D eigenvalue weighted by Gasteiger charge is 2.43. The normalized spacial score (nSPS) is 16.4. The molecule has 3 rings (SSSR count). The van der Waals surface area contributed by atoms with E-state index in [1.165, 1.54) is 21.4 Å². The highest BCUT2D eigenvalue weighted by Crippen LogP contribution is 2.30. The summed E-state index contributed by atoms with van der Waals surface area (Å²) in [6.45, 7) is 7.32. The van der Waals surface area contributed by atoms with Gasteiger partial charge in [-0.05, 0) is 35.8 Å². The van der Waals surface area contributed by atoms with Gasteiger partial charge in [-0.1, -0.05) is 30.3 Å². The first-order valence-electron chi connectivity index (χ1n) is 10.7. The zero-order valence-electron chi connectivity index (χ0n) is 18.6. The monoisotopic (exact) mass is 432 g/mol. The molecular weight excluding hydrogens is 400 g/mol. The summed E-state index contributed by atoms with van der Waals surface area (Å²) in [5, 5.41) is 9.30. The molecule has 2 aromatic rings. The van der Waals surface area contributed by atoms with Crippen LogP contribution in [0.15, 0.2) is 35.1 Å². The summed E-state index contributed by atoms with van der Waals surface area (Å²) in [4.78, 5) is 32.9. The molecule has 1 saturated heterocycles. The van der Waals surface area contributed by atoms with E-state index in [0.717, 1.165) is 18.7 Å². The fourth-order valence-electron chi connectivity index (χ4n) is 4.02. The second kappa shape index (κ2) is 10.7. The minimum absolute atomic E-state index is 0.135. The minimum Gasteiger partial charge on any atom is -0.382 e. The lowest BCUT2D eigenvalue weighted by molar-refractivity contribution is -0.243. The summed E-state index contributed by atoms with van der Waals surface area (Å²) < 4.78 is 8.24. The molecule has 170 valence electrons. The predicted molar refractivity (Wildman–Crippen MR) is 114 cm³/mol. The number of carbonyl (C=O) groups excluding carboxylic acids is 1. The zero-order valence-corrected chi connectivity index (χ0v) is 18.6. The Morgan fingerprint density at radius 2 is 1.81 bits per heavy atom. The van der Waals surface area contributed by atoms with Gasteiger partial charge >= 0.3 is 5.69 Å². The molecule has 0 unspecified atom stereocenters. The van der Waals surface area contributed by atoms with Crippen LogP contribution in [0.1, 0.15) is 32.3 Å². The quantitative estimate of drug-likeness (QED) is 0.515. The Bertz CT molecular complexity index is 889. The van der Waals surface area contributed by atoms with Crippen LogP contribution in [-0.2, 0) is 34.1 Å². The third-order valence-electron chi connectivity index (χ3n) is 5.74. The molecule has 0 aliphatic carbocycles. The maximum Gasteiger partial charge on any atom is 0.363 e. The molecule has 1 aliphatic heterocycles. The molecule has 10 nitrogen and oxygen atoms in total. The van der Waals surface area contributed by atoms with E-state index < -0.39 is 5.54 Å². The van der Waals surface area contributed by atoms with Crippen molar-refractivity contribution in [3.05, 3.63) is 46.4 Å². The molecule has 2 heterocycles. The van der Waals surface area contributed by atoms with E-state index in [9.17, 15) is 9.59 Å². The van der Waals surface area contributed by atoms with Crippen molar-refractivity contribution in [2.75, 3.05) is 33.4 Å². The van der Waals surface area contributed by atoms with Crippen LogP contribution in [0.4, 0.5) is 0 Å². The Morgan fingerprint density at radius 3 is 2.39 bits per heavy atom. The number of hydroxylamine groups is 2. The number of hydrogen-bond acceptors (Lipinski definition) is 7. The second-order valence-corrected chi connectivity index (χ2v) is 7.87. The maximum absolute atomic E-state index is 12.5. The number of ether oxygens (including phenoxy) is 1. The van der Waals surface area contributed by atoms with E-state index in [1.54, 1.807) is 7.11 Å². The van der Waals surface area contributed by atoms with Crippen LogP contribution in [0.25, 0.3) is 0 Å². The fraction of sp³-hybridized carbons (Fsp3) is 0.619. The average molecular weight is 433 g/mol. The molecule has 31 heavy (non-hydrogen) atoms. The number of likely N-dealkylation sites (tertiary alicyclic amines) is 1. The molecule has 0 spiro atoms. The number of aromatic nitrogens is 4. The summed E-state index contributed by atoms with van der Waals surface area (Å²) in [5.41, 5.74) is 0.295. The molecule has 0 radical (unpaired) electrons. The Morgan fingerprint density at radius 1 is 1.13 bits per heavy atom. The van der Waals surface area contributed by atoms with Gasteiger partial charge in [0.1, 0.15) is 6.61 Å². The van der Waals surface area contributed by atoms with Gasteiger partial charge in [0.25, 0.3) is 0 Å². The third-order valence-corrected chi connectivity index (χ3v) is 5.74. The van der Waals surface area contributed by atoms with Crippen LogP contribution in [0, 0.1) is 0 Å². The van der Waals surface area contributed by atoms with Crippen molar-refractivity contribution in [3.63, 3.8) is 0 Å².